The fraction of sp³-hybridized carbons (Fsp3) is 0.462. The zero-order chi connectivity index (χ0) is 15.3. The number of sulfonamides is 1. The van der Waals surface area contributed by atoms with Gasteiger partial charge in [0.05, 0.1) is 10.5 Å². The number of hydrogen-bond donors (Lipinski definition) is 1. The second kappa shape index (κ2) is 6.79. The maximum atomic E-state index is 13.3. The van der Waals surface area contributed by atoms with Crippen LogP contribution in [-0.2, 0) is 10.0 Å². The van der Waals surface area contributed by atoms with Crippen molar-refractivity contribution in [1.29, 1.82) is 5.26 Å². The highest BCUT2D eigenvalue weighted by Crippen LogP contribution is 2.21. The molecule has 0 saturated heterocycles. The maximum Gasteiger partial charge on any atom is 0.243 e. The first-order valence-electron chi connectivity index (χ1n) is 6.17. The summed E-state index contributed by atoms with van der Waals surface area (Å²) in [7, 11) is -3.82. The summed E-state index contributed by atoms with van der Waals surface area (Å²) in [5.74, 6) is -0.752. The second-order valence-electron chi connectivity index (χ2n) is 4.54. The number of benzene rings is 1. The van der Waals surface area contributed by atoms with Gasteiger partial charge in [0.1, 0.15) is 11.9 Å². The van der Waals surface area contributed by atoms with Crippen LogP contribution in [0.5, 0.6) is 0 Å². The van der Waals surface area contributed by atoms with Crippen LogP contribution in [0.1, 0.15) is 25.8 Å². The minimum absolute atomic E-state index is 0.119. The van der Waals surface area contributed by atoms with Crippen LogP contribution in [-0.4, -0.2) is 37.0 Å². The number of halogens is 1. The van der Waals surface area contributed by atoms with Gasteiger partial charge in [0.25, 0.3) is 0 Å². The van der Waals surface area contributed by atoms with E-state index >= 15 is 0 Å². The van der Waals surface area contributed by atoms with E-state index in [9.17, 15) is 12.8 Å². The smallest absolute Gasteiger partial charge is 0.243 e. The van der Waals surface area contributed by atoms with Crippen molar-refractivity contribution in [2.24, 2.45) is 0 Å². The van der Waals surface area contributed by atoms with Gasteiger partial charge in [-0.15, -0.1) is 0 Å². The van der Waals surface area contributed by atoms with Gasteiger partial charge in [-0.25, -0.2) is 12.8 Å². The normalized spacial score (nSPS) is 11.8. The summed E-state index contributed by atoms with van der Waals surface area (Å²) >= 11 is 0. The molecule has 1 N–H and O–H groups in total. The number of nitriles is 1. The molecule has 0 atom stereocenters. The highest BCUT2D eigenvalue weighted by atomic mass is 32.2. The quantitative estimate of drug-likeness (QED) is 0.862. The molecule has 0 amide bonds. The van der Waals surface area contributed by atoms with Crippen molar-refractivity contribution in [3.8, 4) is 6.07 Å². The lowest BCUT2D eigenvalue weighted by molar-refractivity contribution is 0.258. The Morgan fingerprint density at radius 1 is 1.45 bits per heavy atom. The van der Waals surface area contributed by atoms with E-state index in [-0.39, 0.29) is 29.7 Å². The van der Waals surface area contributed by atoms with Crippen LogP contribution < -0.4 is 0 Å². The van der Waals surface area contributed by atoms with Crippen LogP contribution in [0, 0.1) is 17.1 Å². The van der Waals surface area contributed by atoms with Gasteiger partial charge >= 0.3 is 0 Å². The van der Waals surface area contributed by atoms with Crippen molar-refractivity contribution in [1.82, 2.24) is 4.31 Å². The summed E-state index contributed by atoms with van der Waals surface area (Å²) in [6.45, 7) is 3.47. The highest BCUT2D eigenvalue weighted by Gasteiger charge is 2.27. The summed E-state index contributed by atoms with van der Waals surface area (Å²) in [6.07, 6.45) is 0.309. The average molecular weight is 300 g/mol. The van der Waals surface area contributed by atoms with Crippen LogP contribution in [0.25, 0.3) is 0 Å². The standard InChI is InChI=1S/C13H17FN2O3S/c1-10(2)16(6-3-7-17)20(18,19)12-4-5-13(14)11(8-12)9-15/h4-5,8,10,17H,3,6-7H2,1-2H3. The first kappa shape index (κ1) is 16.6. The fourth-order valence-electron chi connectivity index (χ4n) is 1.77. The summed E-state index contributed by atoms with van der Waals surface area (Å²) < 4.78 is 39.4. The molecule has 0 aliphatic rings. The maximum absolute atomic E-state index is 13.3. The molecule has 0 bridgehead atoms. The van der Waals surface area contributed by atoms with Crippen LogP contribution in [0.15, 0.2) is 23.1 Å². The molecule has 20 heavy (non-hydrogen) atoms. The lowest BCUT2D eigenvalue weighted by atomic mass is 10.2. The number of aliphatic hydroxyl groups excluding tert-OH is 1. The first-order valence-corrected chi connectivity index (χ1v) is 7.61. The lowest BCUT2D eigenvalue weighted by Gasteiger charge is -2.25. The molecule has 0 aromatic heterocycles. The van der Waals surface area contributed by atoms with Crippen LogP contribution in [0.2, 0.25) is 0 Å². The van der Waals surface area contributed by atoms with Crippen LogP contribution in [0.4, 0.5) is 4.39 Å². The van der Waals surface area contributed by atoms with Gasteiger partial charge in [-0.05, 0) is 38.5 Å². The third-order valence-electron chi connectivity index (χ3n) is 2.78. The lowest BCUT2D eigenvalue weighted by Crippen LogP contribution is -2.38. The molecule has 0 unspecified atom stereocenters. The minimum atomic E-state index is -3.82. The summed E-state index contributed by atoms with van der Waals surface area (Å²) in [5, 5.41) is 17.6. The molecule has 0 fully saturated rings. The van der Waals surface area contributed by atoms with E-state index in [0.717, 1.165) is 18.2 Å². The minimum Gasteiger partial charge on any atom is -0.396 e. The number of nitrogens with zero attached hydrogens (tertiary/aromatic N) is 2. The van der Waals surface area contributed by atoms with Gasteiger partial charge in [-0.1, -0.05) is 0 Å². The Labute approximate surface area is 118 Å². The molecular formula is C13H17FN2O3S. The van der Waals surface area contributed by atoms with Crippen molar-refractivity contribution >= 4 is 10.0 Å². The Hall–Kier alpha value is -1.49. The summed E-state index contributed by atoms with van der Waals surface area (Å²) in [4.78, 5) is -0.123. The van der Waals surface area contributed by atoms with E-state index in [1.807, 2.05) is 0 Å². The topological polar surface area (TPSA) is 81.4 Å². The zero-order valence-electron chi connectivity index (χ0n) is 11.4. The molecule has 0 aliphatic carbocycles. The molecule has 110 valence electrons. The van der Waals surface area contributed by atoms with Crippen molar-refractivity contribution in [2.75, 3.05) is 13.2 Å². The Morgan fingerprint density at radius 3 is 2.60 bits per heavy atom. The molecule has 1 aromatic rings. The molecule has 1 aromatic carbocycles. The zero-order valence-corrected chi connectivity index (χ0v) is 12.2. The van der Waals surface area contributed by atoms with E-state index in [4.69, 9.17) is 10.4 Å². The highest BCUT2D eigenvalue weighted by molar-refractivity contribution is 7.89. The SMILES string of the molecule is CC(C)N(CCCO)S(=O)(=O)c1ccc(F)c(C#N)c1. The molecule has 0 saturated carbocycles. The van der Waals surface area contributed by atoms with Gasteiger partial charge in [-0.3, -0.25) is 0 Å². The fourth-order valence-corrected chi connectivity index (χ4v) is 3.47. The average Bonchev–Trinajstić information content (AvgIpc) is 2.38. The van der Waals surface area contributed by atoms with E-state index in [2.05, 4.69) is 0 Å². The summed E-state index contributed by atoms with van der Waals surface area (Å²) in [5.41, 5.74) is -0.308. The van der Waals surface area contributed by atoms with E-state index < -0.39 is 15.8 Å². The Balaban J connectivity index is 3.23. The van der Waals surface area contributed by atoms with Crippen molar-refractivity contribution in [3.63, 3.8) is 0 Å². The van der Waals surface area contributed by atoms with E-state index in [1.165, 1.54) is 4.31 Å². The number of aliphatic hydroxyl groups is 1. The van der Waals surface area contributed by atoms with Crippen molar-refractivity contribution in [2.45, 2.75) is 31.2 Å². The number of hydrogen-bond acceptors (Lipinski definition) is 4. The van der Waals surface area contributed by atoms with Gasteiger partial charge in [-0.2, -0.15) is 9.57 Å². The largest absolute Gasteiger partial charge is 0.396 e. The predicted octanol–water partition coefficient (Wildman–Crippen LogP) is 1.48. The van der Waals surface area contributed by atoms with E-state index in [1.54, 1.807) is 19.9 Å². The first-order chi connectivity index (χ1) is 9.34. The Kier molecular flexibility index (Phi) is 5.62. The van der Waals surface area contributed by atoms with Crippen molar-refractivity contribution in [3.05, 3.63) is 29.6 Å². The van der Waals surface area contributed by atoms with Gasteiger partial charge in [0.15, 0.2) is 0 Å². The Bertz CT molecular complexity index is 609. The third-order valence-corrected chi connectivity index (χ3v) is 4.85. The third kappa shape index (κ3) is 3.54. The predicted molar refractivity (Wildman–Crippen MR) is 71.8 cm³/mol. The summed E-state index contributed by atoms with van der Waals surface area (Å²) in [6, 6.07) is 4.45. The molecule has 7 heteroatoms. The monoisotopic (exact) mass is 300 g/mol. The van der Waals surface area contributed by atoms with Crippen LogP contribution in [0.3, 0.4) is 0 Å². The van der Waals surface area contributed by atoms with E-state index in [0.29, 0.717) is 6.42 Å². The van der Waals surface area contributed by atoms with Gasteiger partial charge in [0.2, 0.25) is 10.0 Å². The second-order valence-corrected chi connectivity index (χ2v) is 6.43. The molecule has 5 nitrogen and oxygen atoms in total. The molecular weight excluding hydrogens is 283 g/mol. The molecule has 0 heterocycles. The molecule has 0 aliphatic heterocycles. The number of rotatable bonds is 6. The van der Waals surface area contributed by atoms with Crippen LogP contribution >= 0.6 is 0 Å². The molecule has 0 radical (unpaired) electrons. The van der Waals surface area contributed by atoms with Gasteiger partial charge < -0.3 is 5.11 Å². The van der Waals surface area contributed by atoms with Gasteiger partial charge in [0, 0.05) is 19.2 Å². The Morgan fingerprint density at radius 2 is 2.10 bits per heavy atom. The van der Waals surface area contributed by atoms with Crippen molar-refractivity contribution < 1.29 is 17.9 Å². The molecule has 1 rings (SSSR count). The molecule has 0 spiro atoms.